The fourth-order valence-electron chi connectivity index (χ4n) is 2.09. The lowest BCUT2D eigenvalue weighted by molar-refractivity contribution is -0.141. The third kappa shape index (κ3) is 3.28. The summed E-state index contributed by atoms with van der Waals surface area (Å²) in [5.41, 5.74) is -0.589. The summed E-state index contributed by atoms with van der Waals surface area (Å²) in [6, 6.07) is 2.12. The van der Waals surface area contributed by atoms with Gasteiger partial charge in [0.15, 0.2) is 0 Å². The Bertz CT molecular complexity index is 535. The van der Waals surface area contributed by atoms with Crippen LogP contribution in [0.5, 0.6) is 0 Å². The van der Waals surface area contributed by atoms with E-state index in [2.05, 4.69) is 4.98 Å². The predicted molar refractivity (Wildman–Crippen MR) is 67.4 cm³/mol. The first-order valence-electron chi connectivity index (χ1n) is 6.12. The molecule has 0 bridgehead atoms. The Hall–Kier alpha value is -2.05. The third-order valence-electron chi connectivity index (χ3n) is 3.01. The minimum Gasteiger partial charge on any atom is -0.478 e. The van der Waals surface area contributed by atoms with E-state index in [1.807, 2.05) is 0 Å². The average Bonchev–Trinajstić information content (AvgIpc) is 2.88. The number of alkyl halides is 3. The SMILES string of the molecule is O=C(O)C=Cc1ccc(C(F)(F)F)nc1N1CCCC1. The van der Waals surface area contributed by atoms with Crippen LogP contribution in [0.4, 0.5) is 19.0 Å². The van der Waals surface area contributed by atoms with Gasteiger partial charge in [-0.2, -0.15) is 13.2 Å². The molecular weight excluding hydrogens is 273 g/mol. The Morgan fingerprint density at radius 3 is 2.50 bits per heavy atom. The molecule has 1 aliphatic heterocycles. The molecule has 1 N–H and O–H groups in total. The van der Waals surface area contributed by atoms with Gasteiger partial charge in [0.1, 0.15) is 11.5 Å². The van der Waals surface area contributed by atoms with Gasteiger partial charge in [0.05, 0.1) is 0 Å². The summed E-state index contributed by atoms with van der Waals surface area (Å²) in [6.45, 7) is 1.25. The van der Waals surface area contributed by atoms with E-state index >= 15 is 0 Å². The van der Waals surface area contributed by atoms with Crippen LogP contribution in [-0.4, -0.2) is 29.1 Å². The number of anilines is 1. The standard InChI is InChI=1S/C13H13F3N2O2/c14-13(15,16)10-5-3-9(4-6-11(19)20)12(17-10)18-7-1-2-8-18/h3-6H,1-2,7-8H2,(H,19,20). The van der Waals surface area contributed by atoms with E-state index < -0.39 is 17.8 Å². The molecule has 1 aromatic heterocycles. The maximum atomic E-state index is 12.7. The summed E-state index contributed by atoms with van der Waals surface area (Å²) in [4.78, 5) is 15.9. The van der Waals surface area contributed by atoms with Gasteiger partial charge in [0, 0.05) is 24.7 Å². The van der Waals surface area contributed by atoms with Gasteiger partial charge < -0.3 is 10.0 Å². The highest BCUT2D eigenvalue weighted by Crippen LogP contribution is 2.32. The monoisotopic (exact) mass is 286 g/mol. The molecule has 0 aromatic carbocycles. The van der Waals surface area contributed by atoms with Crippen LogP contribution in [0.2, 0.25) is 0 Å². The summed E-state index contributed by atoms with van der Waals surface area (Å²) >= 11 is 0. The first-order chi connectivity index (χ1) is 9.38. The van der Waals surface area contributed by atoms with Crippen molar-refractivity contribution in [1.29, 1.82) is 0 Å². The number of carbonyl (C=O) groups is 1. The van der Waals surface area contributed by atoms with E-state index in [0.717, 1.165) is 25.0 Å². The normalized spacial score (nSPS) is 16.1. The molecule has 1 aromatic rings. The number of aliphatic carboxylic acids is 1. The molecule has 20 heavy (non-hydrogen) atoms. The van der Waals surface area contributed by atoms with Crippen molar-refractivity contribution in [2.45, 2.75) is 19.0 Å². The second kappa shape index (κ2) is 5.52. The van der Waals surface area contributed by atoms with Crippen molar-refractivity contribution >= 4 is 17.9 Å². The van der Waals surface area contributed by atoms with Gasteiger partial charge in [-0.15, -0.1) is 0 Å². The molecule has 0 radical (unpaired) electrons. The molecule has 1 fully saturated rings. The van der Waals surface area contributed by atoms with E-state index in [-0.39, 0.29) is 5.82 Å². The maximum absolute atomic E-state index is 12.7. The summed E-state index contributed by atoms with van der Waals surface area (Å²) in [7, 11) is 0. The average molecular weight is 286 g/mol. The number of aromatic nitrogens is 1. The smallest absolute Gasteiger partial charge is 0.433 e. The van der Waals surface area contributed by atoms with Crippen LogP contribution in [-0.2, 0) is 11.0 Å². The molecular formula is C13H13F3N2O2. The van der Waals surface area contributed by atoms with Crippen molar-refractivity contribution in [1.82, 2.24) is 4.98 Å². The Labute approximate surface area is 113 Å². The van der Waals surface area contributed by atoms with Crippen molar-refractivity contribution in [2.75, 3.05) is 18.0 Å². The molecule has 7 heteroatoms. The molecule has 4 nitrogen and oxygen atoms in total. The minimum absolute atomic E-state index is 0.190. The topological polar surface area (TPSA) is 53.4 Å². The molecule has 2 heterocycles. The molecule has 0 saturated carbocycles. The van der Waals surface area contributed by atoms with E-state index in [0.29, 0.717) is 18.7 Å². The molecule has 0 spiro atoms. The first kappa shape index (κ1) is 14.4. The molecule has 0 amide bonds. The first-order valence-corrected chi connectivity index (χ1v) is 6.12. The number of carboxylic acids is 1. The van der Waals surface area contributed by atoms with Crippen LogP contribution in [0.15, 0.2) is 18.2 Å². The van der Waals surface area contributed by atoms with Crippen LogP contribution in [0, 0.1) is 0 Å². The highest BCUT2D eigenvalue weighted by molar-refractivity contribution is 5.86. The van der Waals surface area contributed by atoms with Crippen LogP contribution in [0.1, 0.15) is 24.1 Å². The number of halogens is 3. The molecule has 1 saturated heterocycles. The summed E-state index contributed by atoms with van der Waals surface area (Å²) in [6.07, 6.45) is -0.573. The van der Waals surface area contributed by atoms with Gasteiger partial charge in [-0.05, 0) is 31.1 Å². The van der Waals surface area contributed by atoms with E-state index in [4.69, 9.17) is 5.11 Å². The van der Waals surface area contributed by atoms with Crippen molar-refractivity contribution in [2.24, 2.45) is 0 Å². The van der Waals surface area contributed by atoms with E-state index in [1.165, 1.54) is 12.1 Å². The van der Waals surface area contributed by atoms with Crippen molar-refractivity contribution in [3.8, 4) is 0 Å². The molecule has 0 unspecified atom stereocenters. The quantitative estimate of drug-likeness (QED) is 0.868. The van der Waals surface area contributed by atoms with Crippen molar-refractivity contribution in [3.63, 3.8) is 0 Å². The highest BCUT2D eigenvalue weighted by Gasteiger charge is 2.33. The molecule has 2 rings (SSSR count). The molecule has 0 atom stereocenters. The number of carboxylic acid groups (broad SMARTS) is 1. The van der Waals surface area contributed by atoms with Gasteiger partial charge in [-0.25, -0.2) is 9.78 Å². The summed E-state index contributed by atoms with van der Waals surface area (Å²) in [5.74, 6) is -0.966. The Balaban J connectivity index is 2.42. The highest BCUT2D eigenvalue weighted by atomic mass is 19.4. The summed E-state index contributed by atoms with van der Waals surface area (Å²) in [5, 5.41) is 8.61. The number of pyridine rings is 1. The second-order valence-electron chi connectivity index (χ2n) is 4.47. The maximum Gasteiger partial charge on any atom is 0.433 e. The zero-order valence-electron chi connectivity index (χ0n) is 10.5. The fraction of sp³-hybridized carbons (Fsp3) is 0.385. The van der Waals surface area contributed by atoms with Crippen molar-refractivity contribution in [3.05, 3.63) is 29.5 Å². The molecule has 0 aliphatic carbocycles. The molecule has 108 valence electrons. The van der Waals surface area contributed by atoms with Crippen molar-refractivity contribution < 1.29 is 23.1 Å². The zero-order valence-corrected chi connectivity index (χ0v) is 10.5. The number of rotatable bonds is 3. The van der Waals surface area contributed by atoms with Gasteiger partial charge in [0.25, 0.3) is 0 Å². The fourth-order valence-corrected chi connectivity index (χ4v) is 2.09. The lowest BCUT2D eigenvalue weighted by Crippen LogP contribution is -2.22. The molecule has 1 aliphatic rings. The van der Waals surface area contributed by atoms with E-state index in [9.17, 15) is 18.0 Å². The van der Waals surface area contributed by atoms with Crippen LogP contribution in [0.3, 0.4) is 0 Å². The number of hydrogen-bond acceptors (Lipinski definition) is 3. The van der Waals surface area contributed by atoms with Gasteiger partial charge in [-0.3, -0.25) is 0 Å². The minimum atomic E-state index is -4.51. The van der Waals surface area contributed by atoms with Crippen LogP contribution < -0.4 is 4.90 Å². The Morgan fingerprint density at radius 1 is 1.30 bits per heavy atom. The lowest BCUT2D eigenvalue weighted by Gasteiger charge is -2.20. The van der Waals surface area contributed by atoms with Gasteiger partial charge in [0.2, 0.25) is 0 Å². The van der Waals surface area contributed by atoms with Gasteiger partial charge in [-0.1, -0.05) is 0 Å². The summed E-state index contributed by atoms with van der Waals surface area (Å²) < 4.78 is 38.1. The Kier molecular flexibility index (Phi) is 3.96. The zero-order chi connectivity index (χ0) is 14.8. The third-order valence-corrected chi connectivity index (χ3v) is 3.01. The largest absolute Gasteiger partial charge is 0.478 e. The van der Waals surface area contributed by atoms with Crippen LogP contribution >= 0.6 is 0 Å². The lowest BCUT2D eigenvalue weighted by atomic mass is 10.2. The number of hydrogen-bond donors (Lipinski definition) is 1. The predicted octanol–water partition coefficient (Wildman–Crippen LogP) is 2.80. The van der Waals surface area contributed by atoms with Gasteiger partial charge >= 0.3 is 12.1 Å². The van der Waals surface area contributed by atoms with E-state index in [1.54, 1.807) is 4.90 Å². The second-order valence-corrected chi connectivity index (χ2v) is 4.47. The number of nitrogens with zero attached hydrogens (tertiary/aromatic N) is 2. The van der Waals surface area contributed by atoms with Crippen LogP contribution in [0.25, 0.3) is 6.08 Å². The Morgan fingerprint density at radius 2 is 1.95 bits per heavy atom.